The van der Waals surface area contributed by atoms with Crippen molar-refractivity contribution in [2.75, 3.05) is 5.33 Å². The fourth-order valence-electron chi connectivity index (χ4n) is 1.61. The highest BCUT2D eigenvalue weighted by molar-refractivity contribution is 9.09. The summed E-state index contributed by atoms with van der Waals surface area (Å²) in [6.07, 6.45) is 4.37. The Hall–Kier alpha value is -0.570. The summed E-state index contributed by atoms with van der Waals surface area (Å²) < 4.78 is 1.82. The minimum Gasteiger partial charge on any atom is -0.315 e. The lowest BCUT2D eigenvalue weighted by atomic mass is 10.1. The van der Waals surface area contributed by atoms with Gasteiger partial charge in [-0.1, -0.05) is 15.9 Å². The van der Waals surface area contributed by atoms with Gasteiger partial charge < -0.3 is 4.57 Å². The van der Waals surface area contributed by atoms with E-state index in [9.17, 15) is 4.79 Å². The van der Waals surface area contributed by atoms with Crippen LogP contribution >= 0.6 is 15.9 Å². The first-order valence-electron chi connectivity index (χ1n) is 4.88. The summed E-state index contributed by atoms with van der Waals surface area (Å²) in [5, 5.41) is 1.00. The SMILES string of the molecule is Cc1ccn(CC2(CBr)CC2)c(=O)c1. The summed E-state index contributed by atoms with van der Waals surface area (Å²) in [6, 6.07) is 3.69. The first kappa shape index (κ1) is 9.97. The summed E-state index contributed by atoms with van der Waals surface area (Å²) in [5.74, 6) is 0. The van der Waals surface area contributed by atoms with Crippen LogP contribution in [0.4, 0.5) is 0 Å². The van der Waals surface area contributed by atoms with Gasteiger partial charge in [-0.15, -0.1) is 0 Å². The van der Waals surface area contributed by atoms with Crippen molar-refractivity contribution in [3.63, 3.8) is 0 Å². The van der Waals surface area contributed by atoms with E-state index in [-0.39, 0.29) is 5.56 Å². The highest BCUT2D eigenvalue weighted by Crippen LogP contribution is 2.48. The van der Waals surface area contributed by atoms with Gasteiger partial charge in [0.25, 0.3) is 5.56 Å². The van der Waals surface area contributed by atoms with E-state index in [0.717, 1.165) is 17.4 Å². The fraction of sp³-hybridized carbons (Fsp3) is 0.545. The molecular weight excluding hydrogens is 242 g/mol. The van der Waals surface area contributed by atoms with E-state index < -0.39 is 0 Å². The number of pyridine rings is 1. The third-order valence-corrected chi connectivity index (χ3v) is 4.09. The highest BCUT2D eigenvalue weighted by atomic mass is 79.9. The molecule has 0 amide bonds. The molecule has 1 aromatic rings. The summed E-state index contributed by atoms with van der Waals surface area (Å²) in [4.78, 5) is 11.6. The molecule has 0 unspecified atom stereocenters. The van der Waals surface area contributed by atoms with E-state index in [1.807, 2.05) is 23.8 Å². The zero-order valence-electron chi connectivity index (χ0n) is 8.29. The van der Waals surface area contributed by atoms with Crippen LogP contribution in [0.25, 0.3) is 0 Å². The third kappa shape index (κ3) is 1.92. The Morgan fingerprint density at radius 2 is 2.29 bits per heavy atom. The predicted octanol–water partition coefficient (Wildman–Crippen LogP) is 2.33. The van der Waals surface area contributed by atoms with Gasteiger partial charge >= 0.3 is 0 Å². The lowest BCUT2D eigenvalue weighted by Crippen LogP contribution is -2.24. The van der Waals surface area contributed by atoms with Crippen LogP contribution < -0.4 is 5.56 Å². The number of aryl methyl sites for hydroxylation is 1. The zero-order valence-corrected chi connectivity index (χ0v) is 9.88. The molecule has 0 N–H and O–H groups in total. The lowest BCUT2D eigenvalue weighted by molar-refractivity contribution is 0.465. The van der Waals surface area contributed by atoms with Crippen LogP contribution in [0.1, 0.15) is 18.4 Å². The molecule has 3 heteroatoms. The molecule has 1 fully saturated rings. The van der Waals surface area contributed by atoms with Gasteiger partial charge in [0.05, 0.1) is 0 Å². The smallest absolute Gasteiger partial charge is 0.250 e. The van der Waals surface area contributed by atoms with Crippen molar-refractivity contribution >= 4 is 15.9 Å². The normalized spacial score (nSPS) is 18.1. The van der Waals surface area contributed by atoms with Crippen LogP contribution in [0.5, 0.6) is 0 Å². The fourth-order valence-corrected chi connectivity index (χ4v) is 2.35. The first-order chi connectivity index (χ1) is 6.65. The number of alkyl halides is 1. The lowest BCUT2D eigenvalue weighted by Gasteiger charge is -2.13. The summed E-state index contributed by atoms with van der Waals surface area (Å²) in [7, 11) is 0. The van der Waals surface area contributed by atoms with E-state index in [0.29, 0.717) is 5.41 Å². The van der Waals surface area contributed by atoms with Crippen molar-refractivity contribution in [1.82, 2.24) is 4.57 Å². The van der Waals surface area contributed by atoms with Gasteiger partial charge in [-0.3, -0.25) is 4.79 Å². The maximum Gasteiger partial charge on any atom is 0.250 e. The molecule has 1 aromatic heterocycles. The number of nitrogens with zero attached hydrogens (tertiary/aromatic N) is 1. The van der Waals surface area contributed by atoms with Gasteiger partial charge in [-0.25, -0.2) is 0 Å². The number of rotatable bonds is 3. The molecule has 14 heavy (non-hydrogen) atoms. The molecule has 0 saturated heterocycles. The van der Waals surface area contributed by atoms with Gasteiger partial charge in [0.2, 0.25) is 0 Å². The molecule has 0 spiro atoms. The molecule has 1 aliphatic rings. The standard InChI is InChI=1S/C11H14BrNO/c1-9-2-5-13(10(14)6-9)8-11(7-12)3-4-11/h2,5-6H,3-4,7-8H2,1H3. The Labute approximate surface area is 92.1 Å². The Morgan fingerprint density at radius 1 is 1.57 bits per heavy atom. The van der Waals surface area contributed by atoms with Crippen LogP contribution in [-0.2, 0) is 6.54 Å². The Bertz CT molecular complexity index is 393. The third-order valence-electron chi connectivity index (χ3n) is 2.90. The Balaban J connectivity index is 2.21. The van der Waals surface area contributed by atoms with E-state index in [2.05, 4.69) is 15.9 Å². The second-order valence-electron chi connectivity index (χ2n) is 4.30. The zero-order chi connectivity index (χ0) is 10.2. The average molecular weight is 256 g/mol. The largest absolute Gasteiger partial charge is 0.315 e. The summed E-state index contributed by atoms with van der Waals surface area (Å²) in [5.41, 5.74) is 1.52. The molecule has 76 valence electrons. The second-order valence-corrected chi connectivity index (χ2v) is 4.86. The predicted molar refractivity (Wildman–Crippen MR) is 60.9 cm³/mol. The molecule has 1 saturated carbocycles. The molecule has 1 aliphatic carbocycles. The monoisotopic (exact) mass is 255 g/mol. The van der Waals surface area contributed by atoms with Crippen LogP contribution in [-0.4, -0.2) is 9.90 Å². The van der Waals surface area contributed by atoms with E-state index in [4.69, 9.17) is 0 Å². The highest BCUT2D eigenvalue weighted by Gasteiger charge is 2.41. The maximum atomic E-state index is 11.6. The van der Waals surface area contributed by atoms with Crippen molar-refractivity contribution in [1.29, 1.82) is 0 Å². The molecule has 0 aliphatic heterocycles. The van der Waals surface area contributed by atoms with Gasteiger partial charge in [-0.2, -0.15) is 0 Å². The number of hydrogen-bond acceptors (Lipinski definition) is 1. The van der Waals surface area contributed by atoms with Crippen molar-refractivity contribution in [2.45, 2.75) is 26.3 Å². The molecule has 1 heterocycles. The average Bonchev–Trinajstić information content (AvgIpc) is 2.91. The first-order valence-corrected chi connectivity index (χ1v) is 6.00. The number of aromatic nitrogens is 1. The molecule has 2 nitrogen and oxygen atoms in total. The van der Waals surface area contributed by atoms with Gasteiger partial charge in [0.15, 0.2) is 0 Å². The van der Waals surface area contributed by atoms with Crippen LogP contribution in [0, 0.1) is 12.3 Å². The van der Waals surface area contributed by atoms with Crippen molar-refractivity contribution in [2.24, 2.45) is 5.41 Å². The Kier molecular flexibility index (Phi) is 2.52. The number of halogens is 1. The molecular formula is C11H14BrNO. The van der Waals surface area contributed by atoms with Crippen molar-refractivity contribution < 1.29 is 0 Å². The van der Waals surface area contributed by atoms with E-state index in [1.165, 1.54) is 12.8 Å². The summed E-state index contributed by atoms with van der Waals surface area (Å²) >= 11 is 3.51. The van der Waals surface area contributed by atoms with Gasteiger partial charge in [-0.05, 0) is 36.8 Å². The van der Waals surface area contributed by atoms with Crippen LogP contribution in [0.15, 0.2) is 23.1 Å². The van der Waals surface area contributed by atoms with Gasteiger partial charge in [0.1, 0.15) is 0 Å². The minimum absolute atomic E-state index is 0.122. The molecule has 0 aromatic carbocycles. The van der Waals surface area contributed by atoms with Crippen molar-refractivity contribution in [3.05, 3.63) is 34.2 Å². The molecule has 0 radical (unpaired) electrons. The molecule has 0 atom stereocenters. The quantitative estimate of drug-likeness (QED) is 0.761. The van der Waals surface area contributed by atoms with E-state index in [1.54, 1.807) is 6.07 Å². The number of hydrogen-bond donors (Lipinski definition) is 0. The second kappa shape index (κ2) is 3.54. The van der Waals surface area contributed by atoms with Crippen LogP contribution in [0.2, 0.25) is 0 Å². The maximum absolute atomic E-state index is 11.6. The molecule has 2 rings (SSSR count). The van der Waals surface area contributed by atoms with E-state index >= 15 is 0 Å². The topological polar surface area (TPSA) is 22.0 Å². The van der Waals surface area contributed by atoms with Crippen molar-refractivity contribution in [3.8, 4) is 0 Å². The Morgan fingerprint density at radius 3 is 2.79 bits per heavy atom. The minimum atomic E-state index is 0.122. The summed E-state index contributed by atoms with van der Waals surface area (Å²) in [6.45, 7) is 2.81. The van der Waals surface area contributed by atoms with Gasteiger partial charge in [0, 0.05) is 24.1 Å². The molecule has 0 bridgehead atoms. The van der Waals surface area contributed by atoms with Crippen LogP contribution in [0.3, 0.4) is 0 Å².